The lowest BCUT2D eigenvalue weighted by atomic mass is 10.1. The Hall–Kier alpha value is -1.95. The van der Waals surface area contributed by atoms with E-state index in [9.17, 15) is 9.18 Å². The Morgan fingerprint density at radius 3 is 2.95 bits per heavy atom. The smallest absolute Gasteiger partial charge is 0.253 e. The summed E-state index contributed by atoms with van der Waals surface area (Å²) in [6, 6.07) is 2.72. The van der Waals surface area contributed by atoms with E-state index in [0.717, 1.165) is 25.9 Å². The first-order valence-electron chi connectivity index (χ1n) is 6.38. The average Bonchev–Trinajstić information content (AvgIpc) is 2.86. The molecule has 19 heavy (non-hydrogen) atoms. The third-order valence-corrected chi connectivity index (χ3v) is 3.41. The number of amides is 1. The first kappa shape index (κ1) is 12.1. The van der Waals surface area contributed by atoms with Gasteiger partial charge in [0.15, 0.2) is 0 Å². The van der Waals surface area contributed by atoms with Gasteiger partial charge in [0, 0.05) is 6.04 Å². The maximum Gasteiger partial charge on any atom is 0.253 e. The van der Waals surface area contributed by atoms with E-state index in [0.29, 0.717) is 11.0 Å². The molecule has 100 valence electrons. The van der Waals surface area contributed by atoms with Gasteiger partial charge in [-0.3, -0.25) is 4.79 Å². The lowest BCUT2D eigenvalue weighted by molar-refractivity contribution is 0.0930. The summed E-state index contributed by atoms with van der Waals surface area (Å²) in [7, 11) is 0. The van der Waals surface area contributed by atoms with Gasteiger partial charge in [-0.1, -0.05) is 0 Å². The van der Waals surface area contributed by atoms with Gasteiger partial charge in [-0.2, -0.15) is 0 Å². The zero-order valence-corrected chi connectivity index (χ0v) is 10.4. The van der Waals surface area contributed by atoms with Crippen LogP contribution in [-0.2, 0) is 0 Å². The molecule has 1 aromatic carbocycles. The molecule has 1 fully saturated rings. The molecule has 1 amide bonds. The number of carbonyl (C=O) groups is 1. The van der Waals surface area contributed by atoms with Crippen LogP contribution in [0.5, 0.6) is 0 Å². The topological polar surface area (TPSA) is 69.8 Å². The van der Waals surface area contributed by atoms with Crippen LogP contribution in [0.4, 0.5) is 4.39 Å². The first-order valence-corrected chi connectivity index (χ1v) is 6.38. The van der Waals surface area contributed by atoms with Gasteiger partial charge in [-0.25, -0.2) is 9.37 Å². The third kappa shape index (κ3) is 2.44. The number of fused-ring (bicyclic) bond motifs is 1. The summed E-state index contributed by atoms with van der Waals surface area (Å²) in [5.41, 5.74) is 1.33. The number of nitrogens with one attached hydrogen (secondary N) is 3. The number of hydrogen-bond donors (Lipinski definition) is 3. The number of nitrogens with zero attached hydrogens (tertiary/aromatic N) is 1. The highest BCUT2D eigenvalue weighted by Gasteiger charge is 2.19. The predicted octanol–water partition coefficient (Wildman–Crippen LogP) is 1.18. The van der Waals surface area contributed by atoms with Crippen molar-refractivity contribution in [3.05, 3.63) is 29.8 Å². The summed E-state index contributed by atoms with van der Waals surface area (Å²) in [6.07, 6.45) is 3.25. The van der Waals surface area contributed by atoms with Crippen LogP contribution in [0.25, 0.3) is 11.0 Å². The number of rotatable bonds is 2. The Labute approximate surface area is 109 Å². The van der Waals surface area contributed by atoms with Crippen LogP contribution in [-0.4, -0.2) is 35.0 Å². The van der Waals surface area contributed by atoms with Crippen molar-refractivity contribution >= 4 is 16.9 Å². The number of halogens is 1. The summed E-state index contributed by atoms with van der Waals surface area (Å²) in [6.45, 7) is 1.79. The van der Waals surface area contributed by atoms with Crippen LogP contribution < -0.4 is 10.6 Å². The fourth-order valence-electron chi connectivity index (χ4n) is 2.42. The highest BCUT2D eigenvalue weighted by atomic mass is 19.1. The molecule has 2 heterocycles. The van der Waals surface area contributed by atoms with E-state index in [1.807, 2.05) is 0 Å². The summed E-state index contributed by atoms with van der Waals surface area (Å²) in [5, 5.41) is 6.18. The number of aromatic nitrogens is 2. The fraction of sp³-hybridized carbons (Fsp3) is 0.385. The highest BCUT2D eigenvalue weighted by Crippen LogP contribution is 2.17. The minimum absolute atomic E-state index is 0.144. The van der Waals surface area contributed by atoms with Crippen molar-refractivity contribution in [2.75, 3.05) is 13.1 Å². The number of imidazole rings is 1. The molecule has 1 aliphatic rings. The zero-order chi connectivity index (χ0) is 13.2. The second kappa shape index (κ2) is 4.97. The fourth-order valence-corrected chi connectivity index (χ4v) is 2.42. The monoisotopic (exact) mass is 262 g/mol. The van der Waals surface area contributed by atoms with Gasteiger partial charge >= 0.3 is 0 Å². The molecule has 1 saturated heterocycles. The number of carbonyl (C=O) groups excluding carboxylic acids is 1. The SMILES string of the molecule is O=C(NC1CCNCC1)c1cc(F)cc2[nH]cnc12. The first-order chi connectivity index (χ1) is 9.24. The molecule has 0 radical (unpaired) electrons. The van der Waals surface area contributed by atoms with Crippen LogP contribution in [0.3, 0.4) is 0 Å². The summed E-state index contributed by atoms with van der Waals surface area (Å²) in [5.74, 6) is -0.698. The molecule has 0 unspecified atom stereocenters. The van der Waals surface area contributed by atoms with Crippen molar-refractivity contribution in [2.45, 2.75) is 18.9 Å². The van der Waals surface area contributed by atoms with Gasteiger partial charge in [0.25, 0.3) is 5.91 Å². The lowest BCUT2D eigenvalue weighted by Gasteiger charge is -2.23. The van der Waals surface area contributed by atoms with Crippen LogP contribution >= 0.6 is 0 Å². The van der Waals surface area contributed by atoms with Gasteiger partial charge in [0.1, 0.15) is 11.3 Å². The van der Waals surface area contributed by atoms with Crippen molar-refractivity contribution in [2.24, 2.45) is 0 Å². The predicted molar refractivity (Wildman–Crippen MR) is 69.4 cm³/mol. The molecule has 0 aliphatic carbocycles. The molecule has 0 bridgehead atoms. The highest BCUT2D eigenvalue weighted by molar-refractivity contribution is 6.04. The molecule has 0 saturated carbocycles. The van der Waals surface area contributed by atoms with Gasteiger partial charge in [-0.15, -0.1) is 0 Å². The molecule has 3 rings (SSSR count). The Morgan fingerprint density at radius 1 is 1.37 bits per heavy atom. The van der Waals surface area contributed by atoms with Crippen molar-refractivity contribution < 1.29 is 9.18 Å². The Bertz CT molecular complexity index is 604. The molecule has 0 atom stereocenters. The molecule has 6 heteroatoms. The lowest BCUT2D eigenvalue weighted by Crippen LogP contribution is -2.42. The second-order valence-electron chi connectivity index (χ2n) is 4.75. The molecule has 1 aliphatic heterocycles. The molecule has 1 aromatic heterocycles. The number of aromatic amines is 1. The number of hydrogen-bond acceptors (Lipinski definition) is 3. The maximum absolute atomic E-state index is 13.5. The Balaban J connectivity index is 1.86. The van der Waals surface area contributed by atoms with Crippen molar-refractivity contribution in [1.82, 2.24) is 20.6 Å². The van der Waals surface area contributed by atoms with Crippen LogP contribution in [0.2, 0.25) is 0 Å². The average molecular weight is 262 g/mol. The van der Waals surface area contributed by atoms with Crippen molar-refractivity contribution in [3.8, 4) is 0 Å². The van der Waals surface area contributed by atoms with Crippen LogP contribution in [0, 0.1) is 5.82 Å². The van der Waals surface area contributed by atoms with Crippen LogP contribution in [0.15, 0.2) is 18.5 Å². The van der Waals surface area contributed by atoms with E-state index in [4.69, 9.17) is 0 Å². The van der Waals surface area contributed by atoms with E-state index >= 15 is 0 Å². The summed E-state index contributed by atoms with van der Waals surface area (Å²) >= 11 is 0. The molecule has 5 nitrogen and oxygen atoms in total. The standard InChI is InChI=1S/C13H15FN4O/c14-8-5-10(12-11(6-8)16-7-17-12)13(19)18-9-1-3-15-4-2-9/h5-7,9,15H,1-4H2,(H,16,17)(H,18,19). The maximum atomic E-state index is 13.5. The molecular formula is C13H15FN4O. The van der Waals surface area contributed by atoms with Crippen molar-refractivity contribution in [1.29, 1.82) is 0 Å². The van der Waals surface area contributed by atoms with Gasteiger partial charge in [0.2, 0.25) is 0 Å². The quantitative estimate of drug-likeness (QED) is 0.761. The van der Waals surface area contributed by atoms with Gasteiger partial charge in [0.05, 0.1) is 17.4 Å². The zero-order valence-electron chi connectivity index (χ0n) is 10.4. The summed E-state index contributed by atoms with van der Waals surface area (Å²) in [4.78, 5) is 19.1. The van der Waals surface area contributed by atoms with Crippen LogP contribution in [0.1, 0.15) is 23.2 Å². The Kier molecular flexibility index (Phi) is 3.16. The van der Waals surface area contributed by atoms with E-state index in [1.54, 1.807) is 0 Å². The molecule has 0 spiro atoms. The van der Waals surface area contributed by atoms with E-state index < -0.39 is 5.82 Å². The van der Waals surface area contributed by atoms with E-state index in [2.05, 4.69) is 20.6 Å². The second-order valence-corrected chi connectivity index (χ2v) is 4.75. The minimum atomic E-state index is -0.438. The molecule has 3 N–H and O–H groups in total. The van der Waals surface area contributed by atoms with Crippen molar-refractivity contribution in [3.63, 3.8) is 0 Å². The molecule has 2 aromatic rings. The number of H-pyrrole nitrogens is 1. The van der Waals surface area contributed by atoms with E-state index in [-0.39, 0.29) is 17.5 Å². The Morgan fingerprint density at radius 2 is 2.16 bits per heavy atom. The summed E-state index contributed by atoms with van der Waals surface area (Å²) < 4.78 is 13.5. The minimum Gasteiger partial charge on any atom is -0.349 e. The third-order valence-electron chi connectivity index (χ3n) is 3.41. The number of piperidine rings is 1. The normalized spacial score (nSPS) is 16.7. The van der Waals surface area contributed by atoms with Gasteiger partial charge < -0.3 is 15.6 Å². The van der Waals surface area contributed by atoms with Gasteiger partial charge in [-0.05, 0) is 38.1 Å². The molecular weight excluding hydrogens is 247 g/mol. The number of benzene rings is 1. The largest absolute Gasteiger partial charge is 0.349 e. The van der Waals surface area contributed by atoms with E-state index in [1.165, 1.54) is 18.5 Å².